The summed E-state index contributed by atoms with van der Waals surface area (Å²) in [5.41, 5.74) is -0.700. The van der Waals surface area contributed by atoms with Gasteiger partial charge in [0.2, 0.25) is 0 Å². The fourth-order valence-corrected chi connectivity index (χ4v) is 1.81. The molecule has 1 aromatic carbocycles. The molecule has 2 amide bonds. The zero-order valence-electron chi connectivity index (χ0n) is 12.9. The Hall–Kier alpha value is -1.27. The van der Waals surface area contributed by atoms with Crippen LogP contribution in [0.5, 0.6) is 0 Å². The van der Waals surface area contributed by atoms with E-state index in [1.54, 1.807) is 18.7 Å². The predicted molar refractivity (Wildman–Crippen MR) is 85.0 cm³/mol. The smallest absolute Gasteiger partial charge is 0.314 e. The number of halogens is 1. The van der Waals surface area contributed by atoms with Crippen LogP contribution in [-0.4, -0.2) is 35.2 Å². The highest BCUT2D eigenvalue weighted by atomic mass is 32.2. The summed E-state index contributed by atoms with van der Waals surface area (Å²) in [4.78, 5) is 11.7. The van der Waals surface area contributed by atoms with Gasteiger partial charge in [-0.3, -0.25) is 0 Å². The van der Waals surface area contributed by atoms with Gasteiger partial charge in [-0.1, -0.05) is 12.1 Å². The molecular formula is C15H23FN2O2S. The van der Waals surface area contributed by atoms with Gasteiger partial charge in [0, 0.05) is 11.3 Å². The van der Waals surface area contributed by atoms with Gasteiger partial charge in [-0.15, -0.1) is 0 Å². The Morgan fingerprint density at radius 2 is 1.71 bits per heavy atom. The Labute approximate surface area is 129 Å². The highest BCUT2D eigenvalue weighted by Gasteiger charge is 2.24. The molecule has 6 heteroatoms. The number of carbonyl (C=O) groups is 1. The standard InChI is InChI=1S/C15H23FN2O2S/c1-14(2,21-4)9-17-13(19)18-10-15(3,20)11-5-7-12(16)8-6-11/h5-8,20H,9-10H2,1-4H3,(H2,17,18,19). The maximum atomic E-state index is 12.9. The third-order valence-electron chi connectivity index (χ3n) is 3.29. The first-order chi connectivity index (χ1) is 9.66. The molecule has 21 heavy (non-hydrogen) atoms. The third kappa shape index (κ3) is 5.93. The maximum Gasteiger partial charge on any atom is 0.314 e. The summed E-state index contributed by atoms with van der Waals surface area (Å²) in [6, 6.07) is 5.24. The van der Waals surface area contributed by atoms with Crippen molar-refractivity contribution >= 4 is 17.8 Å². The van der Waals surface area contributed by atoms with Crippen LogP contribution in [0.2, 0.25) is 0 Å². The molecule has 1 rings (SSSR count). The Morgan fingerprint density at radius 3 is 2.24 bits per heavy atom. The van der Waals surface area contributed by atoms with Gasteiger partial charge in [-0.2, -0.15) is 11.8 Å². The molecule has 0 saturated carbocycles. The van der Waals surface area contributed by atoms with Crippen molar-refractivity contribution in [2.75, 3.05) is 19.3 Å². The maximum absolute atomic E-state index is 12.9. The van der Waals surface area contributed by atoms with Gasteiger partial charge in [-0.25, -0.2) is 9.18 Å². The van der Waals surface area contributed by atoms with E-state index in [9.17, 15) is 14.3 Å². The number of urea groups is 1. The summed E-state index contributed by atoms with van der Waals surface area (Å²) in [5.74, 6) is -0.362. The molecule has 0 spiro atoms. The molecule has 1 aromatic rings. The lowest BCUT2D eigenvalue weighted by Gasteiger charge is -2.26. The summed E-state index contributed by atoms with van der Waals surface area (Å²) in [6.45, 7) is 6.22. The molecule has 0 bridgehead atoms. The summed E-state index contributed by atoms with van der Waals surface area (Å²) in [5, 5.41) is 15.7. The van der Waals surface area contributed by atoms with Crippen molar-refractivity contribution in [3.05, 3.63) is 35.6 Å². The zero-order valence-corrected chi connectivity index (χ0v) is 13.7. The molecule has 0 aromatic heterocycles. The van der Waals surface area contributed by atoms with E-state index in [0.717, 1.165) is 0 Å². The van der Waals surface area contributed by atoms with Crippen molar-refractivity contribution in [2.45, 2.75) is 31.1 Å². The predicted octanol–water partition coefficient (Wildman–Crippen LogP) is 2.47. The molecular weight excluding hydrogens is 291 g/mol. The molecule has 0 fully saturated rings. The van der Waals surface area contributed by atoms with Crippen LogP contribution >= 0.6 is 11.8 Å². The summed E-state index contributed by atoms with van der Waals surface area (Å²) in [6.07, 6.45) is 1.99. The fraction of sp³-hybridized carbons (Fsp3) is 0.533. The number of hydrogen-bond acceptors (Lipinski definition) is 3. The molecule has 0 heterocycles. The Bertz CT molecular complexity index is 475. The number of nitrogens with one attached hydrogen (secondary N) is 2. The molecule has 118 valence electrons. The second-order valence-electron chi connectivity index (χ2n) is 5.78. The Morgan fingerprint density at radius 1 is 1.19 bits per heavy atom. The molecule has 0 radical (unpaired) electrons. The van der Waals surface area contributed by atoms with Crippen LogP contribution in [0.25, 0.3) is 0 Å². The molecule has 0 aliphatic carbocycles. The van der Waals surface area contributed by atoms with Crippen LogP contribution in [0.1, 0.15) is 26.3 Å². The molecule has 0 aliphatic rings. The highest BCUT2D eigenvalue weighted by Crippen LogP contribution is 2.20. The summed E-state index contributed by atoms with van der Waals surface area (Å²) >= 11 is 1.66. The second kappa shape index (κ2) is 7.13. The summed E-state index contributed by atoms with van der Waals surface area (Å²) < 4.78 is 12.8. The van der Waals surface area contributed by atoms with Gasteiger partial charge in [-0.05, 0) is 44.7 Å². The van der Waals surface area contributed by atoms with Gasteiger partial charge in [0.25, 0.3) is 0 Å². The summed E-state index contributed by atoms with van der Waals surface area (Å²) in [7, 11) is 0. The normalized spacial score (nSPS) is 14.4. The van der Waals surface area contributed by atoms with Gasteiger partial charge in [0.05, 0.1) is 6.54 Å². The first-order valence-corrected chi connectivity index (χ1v) is 7.94. The van der Waals surface area contributed by atoms with Crippen molar-refractivity contribution in [1.82, 2.24) is 10.6 Å². The minimum absolute atomic E-state index is 0.0448. The van der Waals surface area contributed by atoms with Crippen LogP contribution in [0, 0.1) is 5.82 Å². The van der Waals surface area contributed by atoms with Crippen molar-refractivity contribution in [3.8, 4) is 0 Å². The van der Waals surface area contributed by atoms with Crippen LogP contribution < -0.4 is 10.6 Å². The fourth-order valence-electron chi connectivity index (χ4n) is 1.59. The number of hydrogen-bond donors (Lipinski definition) is 3. The first kappa shape index (κ1) is 17.8. The van der Waals surface area contributed by atoms with Gasteiger partial charge >= 0.3 is 6.03 Å². The van der Waals surface area contributed by atoms with E-state index in [4.69, 9.17) is 0 Å². The topological polar surface area (TPSA) is 61.4 Å². The van der Waals surface area contributed by atoms with E-state index in [1.165, 1.54) is 24.3 Å². The van der Waals surface area contributed by atoms with Gasteiger partial charge in [0.1, 0.15) is 11.4 Å². The number of thioether (sulfide) groups is 1. The van der Waals surface area contributed by atoms with Crippen molar-refractivity contribution in [3.63, 3.8) is 0 Å². The SMILES string of the molecule is CSC(C)(C)CNC(=O)NCC(C)(O)c1ccc(F)cc1. The molecule has 0 aliphatic heterocycles. The minimum Gasteiger partial charge on any atom is -0.384 e. The van der Waals surface area contributed by atoms with Crippen LogP contribution in [-0.2, 0) is 5.60 Å². The molecule has 1 atom stereocenters. The van der Waals surface area contributed by atoms with E-state index in [-0.39, 0.29) is 23.1 Å². The minimum atomic E-state index is -1.25. The van der Waals surface area contributed by atoms with E-state index < -0.39 is 5.60 Å². The highest BCUT2D eigenvalue weighted by molar-refractivity contribution is 7.99. The number of amides is 2. The Balaban J connectivity index is 2.49. The van der Waals surface area contributed by atoms with Crippen molar-refractivity contribution in [1.29, 1.82) is 0 Å². The zero-order chi connectivity index (χ0) is 16.1. The van der Waals surface area contributed by atoms with E-state index in [2.05, 4.69) is 10.6 Å². The Kier molecular flexibility index (Phi) is 6.04. The largest absolute Gasteiger partial charge is 0.384 e. The van der Waals surface area contributed by atoms with Crippen LogP contribution in [0.15, 0.2) is 24.3 Å². The van der Waals surface area contributed by atoms with Gasteiger partial charge in [0.15, 0.2) is 0 Å². The second-order valence-corrected chi connectivity index (χ2v) is 7.29. The molecule has 4 nitrogen and oxygen atoms in total. The van der Waals surface area contributed by atoms with Crippen LogP contribution in [0.3, 0.4) is 0 Å². The molecule has 1 unspecified atom stereocenters. The number of carbonyl (C=O) groups excluding carboxylic acids is 1. The van der Waals surface area contributed by atoms with Crippen LogP contribution in [0.4, 0.5) is 9.18 Å². The van der Waals surface area contributed by atoms with E-state index in [1.807, 2.05) is 20.1 Å². The van der Waals surface area contributed by atoms with Crippen molar-refractivity contribution < 1.29 is 14.3 Å². The lowest BCUT2D eigenvalue weighted by atomic mass is 9.96. The average Bonchev–Trinajstić information content (AvgIpc) is 2.43. The van der Waals surface area contributed by atoms with E-state index in [0.29, 0.717) is 12.1 Å². The van der Waals surface area contributed by atoms with E-state index >= 15 is 0 Å². The molecule has 3 N–H and O–H groups in total. The average molecular weight is 314 g/mol. The van der Waals surface area contributed by atoms with Gasteiger partial charge < -0.3 is 15.7 Å². The monoisotopic (exact) mass is 314 g/mol. The number of benzene rings is 1. The quantitative estimate of drug-likeness (QED) is 0.756. The number of rotatable bonds is 6. The first-order valence-electron chi connectivity index (χ1n) is 6.71. The third-order valence-corrected chi connectivity index (χ3v) is 4.54. The lowest BCUT2D eigenvalue weighted by Crippen LogP contribution is -2.46. The lowest BCUT2D eigenvalue weighted by molar-refractivity contribution is 0.0593. The molecule has 0 saturated heterocycles. The van der Waals surface area contributed by atoms with Crippen molar-refractivity contribution in [2.24, 2.45) is 0 Å². The number of aliphatic hydroxyl groups is 1.